The van der Waals surface area contributed by atoms with Gasteiger partial charge in [0.15, 0.2) is 0 Å². The summed E-state index contributed by atoms with van der Waals surface area (Å²) < 4.78 is 36.3. The van der Waals surface area contributed by atoms with Gasteiger partial charge >= 0.3 is 6.18 Å². The third kappa shape index (κ3) is 2.79. The Morgan fingerprint density at radius 3 is 2.30 bits per heavy atom. The minimum Gasteiger partial charge on any atom is -0.300 e. The van der Waals surface area contributed by atoms with Crippen molar-refractivity contribution in [1.29, 1.82) is 0 Å². The topological polar surface area (TPSA) is 54.9 Å². The average molecular weight is 382 g/mol. The smallest absolute Gasteiger partial charge is 0.300 e. The van der Waals surface area contributed by atoms with Crippen molar-refractivity contribution in [2.24, 2.45) is 0 Å². The van der Waals surface area contributed by atoms with Crippen LogP contribution >= 0.6 is 34.5 Å². The largest absolute Gasteiger partial charge is 0.445 e. The number of amides is 1. The number of nitrogens with zero attached hydrogens (tertiary/aromatic N) is 2. The number of halogens is 5. The molecule has 1 aromatic carbocycles. The number of carbonyl (C=O) groups is 1. The fourth-order valence-electron chi connectivity index (χ4n) is 2.29. The molecule has 1 amide bonds. The zero-order valence-electron chi connectivity index (χ0n) is 11.2. The van der Waals surface area contributed by atoms with Crippen LogP contribution in [-0.4, -0.2) is 20.4 Å². The van der Waals surface area contributed by atoms with Gasteiger partial charge in [-0.2, -0.15) is 13.2 Å². The van der Waals surface area contributed by atoms with Crippen molar-refractivity contribution in [2.75, 3.05) is 5.32 Å². The van der Waals surface area contributed by atoms with E-state index in [0.29, 0.717) is 5.56 Å². The van der Waals surface area contributed by atoms with E-state index in [1.54, 1.807) is 30.3 Å². The van der Waals surface area contributed by atoms with Gasteiger partial charge < -0.3 is 0 Å². The van der Waals surface area contributed by atoms with Gasteiger partial charge in [-0.05, 0) is 5.56 Å². The lowest BCUT2D eigenvalue weighted by Crippen LogP contribution is -2.32. The first-order valence-corrected chi connectivity index (χ1v) is 7.89. The number of benzene rings is 1. The summed E-state index contributed by atoms with van der Waals surface area (Å²) in [6.45, 7) is 0. The van der Waals surface area contributed by atoms with Crippen molar-refractivity contribution in [3.63, 3.8) is 0 Å². The second-order valence-corrected chi connectivity index (χ2v) is 7.48. The van der Waals surface area contributed by atoms with Crippen LogP contribution in [0.15, 0.2) is 30.3 Å². The molecule has 2 aromatic rings. The Morgan fingerprint density at radius 2 is 1.83 bits per heavy atom. The van der Waals surface area contributed by atoms with Crippen LogP contribution in [0.1, 0.15) is 17.0 Å². The number of carbonyl (C=O) groups excluding carboxylic acids is 1. The van der Waals surface area contributed by atoms with Gasteiger partial charge in [0.1, 0.15) is 9.75 Å². The normalized spacial score (nSPS) is 22.7. The minimum atomic E-state index is -4.61. The standard InChI is InChI=1S/C13H8Cl2F3N3OS/c14-12(15)6-11(12,7-4-2-1-3-5-7)8(22)19-10-21-20-9(23-10)13(16,17)18/h1-5H,6H2,(H,19,21,22). The summed E-state index contributed by atoms with van der Waals surface area (Å²) >= 11 is 12.5. The highest BCUT2D eigenvalue weighted by Gasteiger charge is 2.72. The minimum absolute atomic E-state index is 0.157. The highest BCUT2D eigenvalue weighted by Crippen LogP contribution is 2.65. The van der Waals surface area contributed by atoms with Gasteiger partial charge in [-0.15, -0.1) is 33.4 Å². The SMILES string of the molecule is O=C(Nc1nnc(C(F)(F)F)s1)C1(c2ccccc2)CC1(Cl)Cl. The van der Waals surface area contributed by atoms with Gasteiger partial charge in [0.2, 0.25) is 16.0 Å². The summed E-state index contributed by atoms with van der Waals surface area (Å²) in [5.41, 5.74) is -0.635. The lowest BCUT2D eigenvalue weighted by molar-refractivity contribution is -0.138. The highest BCUT2D eigenvalue weighted by atomic mass is 35.5. The van der Waals surface area contributed by atoms with E-state index in [9.17, 15) is 18.0 Å². The Morgan fingerprint density at radius 1 is 1.22 bits per heavy atom. The van der Waals surface area contributed by atoms with Gasteiger partial charge in [-0.3, -0.25) is 10.1 Å². The predicted octanol–water partition coefficient (Wildman–Crippen LogP) is 4.01. The van der Waals surface area contributed by atoms with Crippen molar-refractivity contribution in [3.8, 4) is 0 Å². The van der Waals surface area contributed by atoms with E-state index in [1.807, 2.05) is 0 Å². The van der Waals surface area contributed by atoms with Crippen molar-refractivity contribution in [3.05, 3.63) is 40.9 Å². The molecule has 1 N–H and O–H groups in total. The second-order valence-electron chi connectivity index (χ2n) is 5.02. The summed E-state index contributed by atoms with van der Waals surface area (Å²) in [6, 6.07) is 8.58. The first kappa shape index (κ1) is 16.5. The van der Waals surface area contributed by atoms with E-state index in [4.69, 9.17) is 23.2 Å². The number of hydrogen-bond acceptors (Lipinski definition) is 4. The molecule has 1 heterocycles. The Bertz CT molecular complexity index is 750. The van der Waals surface area contributed by atoms with Crippen LogP contribution in [0.25, 0.3) is 0 Å². The fraction of sp³-hybridized carbons (Fsp3) is 0.308. The van der Waals surface area contributed by atoms with Crippen LogP contribution in [0.4, 0.5) is 18.3 Å². The monoisotopic (exact) mass is 381 g/mol. The molecule has 1 atom stereocenters. The molecule has 0 bridgehead atoms. The summed E-state index contributed by atoms with van der Waals surface area (Å²) in [4.78, 5) is 12.5. The Kier molecular flexibility index (Phi) is 3.81. The van der Waals surface area contributed by atoms with E-state index in [-0.39, 0.29) is 22.9 Å². The van der Waals surface area contributed by atoms with Crippen LogP contribution in [0, 0.1) is 0 Å². The molecule has 3 rings (SSSR count). The molecular formula is C13H8Cl2F3N3OS. The molecule has 0 radical (unpaired) electrons. The molecule has 10 heteroatoms. The maximum atomic E-state index is 12.5. The lowest BCUT2D eigenvalue weighted by Gasteiger charge is -2.17. The third-order valence-electron chi connectivity index (χ3n) is 3.53. The Balaban J connectivity index is 1.86. The average Bonchev–Trinajstić information content (AvgIpc) is 2.83. The molecule has 23 heavy (non-hydrogen) atoms. The van der Waals surface area contributed by atoms with E-state index in [1.165, 1.54) is 0 Å². The molecule has 1 unspecified atom stereocenters. The zero-order valence-corrected chi connectivity index (χ0v) is 13.5. The summed E-state index contributed by atoms with van der Waals surface area (Å²) in [7, 11) is 0. The maximum absolute atomic E-state index is 12.5. The number of rotatable bonds is 3. The van der Waals surface area contributed by atoms with E-state index in [0.717, 1.165) is 0 Å². The third-order valence-corrected chi connectivity index (χ3v) is 5.32. The molecule has 122 valence electrons. The van der Waals surface area contributed by atoms with Gasteiger partial charge in [0, 0.05) is 6.42 Å². The predicted molar refractivity (Wildman–Crippen MR) is 80.7 cm³/mol. The molecule has 1 fully saturated rings. The first-order chi connectivity index (χ1) is 10.7. The molecule has 4 nitrogen and oxygen atoms in total. The first-order valence-electron chi connectivity index (χ1n) is 6.32. The quantitative estimate of drug-likeness (QED) is 0.817. The van der Waals surface area contributed by atoms with E-state index < -0.39 is 26.8 Å². The van der Waals surface area contributed by atoms with Crippen molar-refractivity contribution < 1.29 is 18.0 Å². The fourth-order valence-corrected chi connectivity index (χ4v) is 3.69. The summed E-state index contributed by atoms with van der Waals surface area (Å²) in [5.74, 6) is -0.612. The van der Waals surface area contributed by atoms with Crippen LogP contribution in [-0.2, 0) is 16.4 Å². The van der Waals surface area contributed by atoms with Gasteiger partial charge in [0.25, 0.3) is 0 Å². The number of nitrogens with one attached hydrogen (secondary N) is 1. The van der Waals surface area contributed by atoms with Gasteiger partial charge in [-0.25, -0.2) is 0 Å². The number of aromatic nitrogens is 2. The number of anilines is 1. The molecule has 0 saturated heterocycles. The summed E-state index contributed by atoms with van der Waals surface area (Å²) in [5, 5.41) is 7.28. The molecular weight excluding hydrogens is 374 g/mol. The number of alkyl halides is 5. The van der Waals surface area contributed by atoms with Crippen molar-refractivity contribution in [2.45, 2.75) is 22.3 Å². The number of hydrogen-bond donors (Lipinski definition) is 1. The molecule has 1 saturated carbocycles. The molecule has 1 aliphatic carbocycles. The molecule has 0 spiro atoms. The van der Waals surface area contributed by atoms with Crippen LogP contribution in [0.5, 0.6) is 0 Å². The van der Waals surface area contributed by atoms with Crippen LogP contribution < -0.4 is 5.32 Å². The van der Waals surface area contributed by atoms with Crippen LogP contribution in [0.2, 0.25) is 0 Å². The molecule has 1 aliphatic rings. The Hall–Kier alpha value is -1.38. The van der Waals surface area contributed by atoms with Crippen molar-refractivity contribution >= 4 is 45.6 Å². The highest BCUT2D eigenvalue weighted by molar-refractivity contribution is 7.15. The van der Waals surface area contributed by atoms with E-state index >= 15 is 0 Å². The zero-order chi connectivity index (χ0) is 16.9. The van der Waals surface area contributed by atoms with Gasteiger partial charge in [0.05, 0.1) is 0 Å². The van der Waals surface area contributed by atoms with E-state index in [2.05, 4.69) is 15.5 Å². The second kappa shape index (κ2) is 5.32. The van der Waals surface area contributed by atoms with Crippen LogP contribution in [0.3, 0.4) is 0 Å². The maximum Gasteiger partial charge on any atom is 0.445 e. The van der Waals surface area contributed by atoms with Crippen molar-refractivity contribution in [1.82, 2.24) is 10.2 Å². The molecule has 0 aliphatic heterocycles. The van der Waals surface area contributed by atoms with Gasteiger partial charge in [-0.1, -0.05) is 41.7 Å². The Labute approximate surface area is 142 Å². The molecule has 1 aromatic heterocycles. The summed E-state index contributed by atoms with van der Waals surface area (Å²) in [6.07, 6.45) is -4.45. The lowest BCUT2D eigenvalue weighted by atomic mass is 9.95.